The Morgan fingerprint density at radius 3 is 2.43 bits per heavy atom. The van der Waals surface area contributed by atoms with E-state index in [-0.39, 0.29) is 5.91 Å². The summed E-state index contributed by atoms with van der Waals surface area (Å²) in [5.74, 6) is -0.274. The lowest BCUT2D eigenvalue weighted by molar-refractivity contribution is -0.750. The summed E-state index contributed by atoms with van der Waals surface area (Å²) in [6, 6.07) is 10.4. The van der Waals surface area contributed by atoms with Gasteiger partial charge in [0.05, 0.1) is 23.1 Å². The fourth-order valence-corrected chi connectivity index (χ4v) is 3.14. The molecule has 0 radical (unpaired) electrons. The van der Waals surface area contributed by atoms with Gasteiger partial charge in [-0.1, -0.05) is 34.8 Å². The van der Waals surface area contributed by atoms with Gasteiger partial charge in [0.25, 0.3) is 0 Å². The predicted molar refractivity (Wildman–Crippen MR) is 93.5 cm³/mol. The Hall–Kier alpha value is -1.75. The van der Waals surface area contributed by atoms with E-state index >= 15 is 0 Å². The van der Waals surface area contributed by atoms with Crippen LogP contribution >= 0.6 is 34.8 Å². The molecule has 2 aromatic carbocycles. The number of nitrogens with zero attached hydrogens (tertiary/aromatic N) is 2. The first kappa shape index (κ1) is 16.1. The van der Waals surface area contributed by atoms with Gasteiger partial charge >= 0.3 is 11.6 Å². The number of rotatable bonds is 2. The molecule has 23 heavy (non-hydrogen) atoms. The fourth-order valence-electron chi connectivity index (χ4n) is 2.51. The molecule has 0 saturated carbocycles. The highest BCUT2D eigenvalue weighted by molar-refractivity contribution is 6.37. The largest absolute Gasteiger partial charge is 0.323 e. The monoisotopic (exact) mass is 368 g/mol. The zero-order chi connectivity index (χ0) is 16.7. The highest BCUT2D eigenvalue weighted by atomic mass is 35.5. The summed E-state index contributed by atoms with van der Waals surface area (Å²) in [4.78, 5) is 12.7. The number of amides is 1. The molecule has 0 spiro atoms. The Morgan fingerprint density at radius 2 is 1.74 bits per heavy atom. The van der Waals surface area contributed by atoms with Gasteiger partial charge in [-0.2, -0.15) is 4.68 Å². The molecular weight excluding hydrogens is 357 g/mol. The Kier molecular flexibility index (Phi) is 4.23. The maximum Gasteiger partial charge on any atom is 0.323 e. The lowest BCUT2D eigenvalue weighted by atomic mass is 10.2. The molecule has 0 atom stereocenters. The minimum atomic E-state index is -0.274. The van der Waals surface area contributed by atoms with E-state index in [0.717, 1.165) is 10.9 Å². The number of benzene rings is 2. The zero-order valence-corrected chi connectivity index (χ0v) is 14.7. The summed E-state index contributed by atoms with van der Waals surface area (Å²) in [5, 5.41) is 5.04. The number of aromatic nitrogens is 2. The second-order valence-electron chi connectivity index (χ2n) is 5.14. The van der Waals surface area contributed by atoms with Crippen LogP contribution in [0.2, 0.25) is 15.1 Å². The predicted octanol–water partition coefficient (Wildman–Crippen LogP) is 4.22. The van der Waals surface area contributed by atoms with E-state index in [9.17, 15) is 4.79 Å². The van der Waals surface area contributed by atoms with Gasteiger partial charge in [-0.05, 0) is 36.4 Å². The number of nitrogens with one attached hydrogen (secondary N) is 1. The third-order valence-electron chi connectivity index (χ3n) is 3.73. The van der Waals surface area contributed by atoms with Gasteiger partial charge in [-0.3, -0.25) is 4.79 Å². The van der Waals surface area contributed by atoms with Crippen LogP contribution in [-0.2, 0) is 14.1 Å². The van der Waals surface area contributed by atoms with E-state index in [1.807, 2.05) is 24.8 Å². The Balaban J connectivity index is 2.07. The zero-order valence-electron chi connectivity index (χ0n) is 12.4. The summed E-state index contributed by atoms with van der Waals surface area (Å²) < 4.78 is 3.64. The van der Waals surface area contributed by atoms with Crippen LogP contribution in [0.4, 0.5) is 5.69 Å². The minimum absolute atomic E-state index is 0.274. The molecule has 1 heterocycles. The van der Waals surface area contributed by atoms with Crippen LogP contribution < -0.4 is 10.00 Å². The third-order valence-corrected chi connectivity index (χ3v) is 4.51. The molecule has 1 amide bonds. The van der Waals surface area contributed by atoms with Crippen LogP contribution in [0.3, 0.4) is 0 Å². The van der Waals surface area contributed by atoms with Crippen molar-refractivity contribution in [1.29, 1.82) is 0 Å². The Morgan fingerprint density at radius 1 is 1.09 bits per heavy atom. The SMILES string of the molecule is Cn1c2ccc(Cl)cc2c(C(=O)Nc2ccc(Cl)cc2Cl)[n+]1C. The van der Waals surface area contributed by atoms with E-state index in [2.05, 4.69) is 5.32 Å². The number of hydrogen-bond donors (Lipinski definition) is 1. The number of carbonyl (C=O) groups excluding carboxylic acids is 1. The molecule has 3 rings (SSSR count). The number of anilines is 1. The molecule has 0 unspecified atom stereocenters. The molecular formula is C16H13Cl3N3O+. The first-order chi connectivity index (χ1) is 10.9. The van der Waals surface area contributed by atoms with Crippen LogP contribution in [0, 0.1) is 0 Å². The number of fused-ring (bicyclic) bond motifs is 1. The summed E-state index contributed by atoms with van der Waals surface area (Å²) in [6.07, 6.45) is 0. The average molecular weight is 370 g/mol. The Bertz CT molecular complexity index is 934. The van der Waals surface area contributed by atoms with Crippen molar-refractivity contribution in [2.24, 2.45) is 14.1 Å². The molecule has 1 aromatic heterocycles. The number of aryl methyl sites for hydroxylation is 1. The molecule has 0 saturated heterocycles. The summed E-state index contributed by atoms with van der Waals surface area (Å²) in [6.45, 7) is 0. The second-order valence-corrected chi connectivity index (χ2v) is 6.42. The molecule has 1 N–H and O–H groups in total. The molecule has 0 fully saturated rings. The smallest absolute Gasteiger partial charge is 0.315 e. The maximum atomic E-state index is 12.7. The summed E-state index contributed by atoms with van der Waals surface area (Å²) >= 11 is 18.1. The molecule has 0 aliphatic carbocycles. The van der Waals surface area contributed by atoms with E-state index < -0.39 is 0 Å². The van der Waals surface area contributed by atoms with E-state index in [4.69, 9.17) is 34.8 Å². The maximum absolute atomic E-state index is 12.7. The van der Waals surface area contributed by atoms with Gasteiger partial charge in [0.15, 0.2) is 7.05 Å². The van der Waals surface area contributed by atoms with Gasteiger partial charge in [0.2, 0.25) is 0 Å². The van der Waals surface area contributed by atoms with E-state index in [0.29, 0.717) is 26.4 Å². The highest BCUT2D eigenvalue weighted by Gasteiger charge is 2.27. The van der Waals surface area contributed by atoms with Gasteiger partial charge in [0.1, 0.15) is 5.52 Å². The van der Waals surface area contributed by atoms with Gasteiger partial charge in [-0.15, -0.1) is 4.68 Å². The first-order valence-corrected chi connectivity index (χ1v) is 7.92. The molecule has 3 aromatic rings. The van der Waals surface area contributed by atoms with E-state index in [1.54, 1.807) is 35.0 Å². The molecule has 0 bridgehead atoms. The van der Waals surface area contributed by atoms with Crippen molar-refractivity contribution in [3.63, 3.8) is 0 Å². The van der Waals surface area contributed by atoms with Gasteiger partial charge in [-0.25, -0.2) is 0 Å². The average Bonchev–Trinajstić information content (AvgIpc) is 2.73. The van der Waals surface area contributed by atoms with Crippen molar-refractivity contribution in [3.8, 4) is 0 Å². The fraction of sp³-hybridized carbons (Fsp3) is 0.125. The van der Waals surface area contributed by atoms with Crippen LogP contribution in [0.5, 0.6) is 0 Å². The quantitative estimate of drug-likeness (QED) is 0.675. The molecule has 4 nitrogen and oxygen atoms in total. The molecule has 0 aliphatic heterocycles. The number of halogens is 3. The normalized spacial score (nSPS) is 11.0. The number of hydrogen-bond acceptors (Lipinski definition) is 1. The van der Waals surface area contributed by atoms with Crippen molar-refractivity contribution in [2.75, 3.05) is 5.32 Å². The standard InChI is InChI=1S/C16H12Cl3N3O/c1-21-14-6-4-9(17)7-11(14)15(22(21)2)16(23)20-13-5-3-10(18)8-12(13)19/h3-8H,1-2H3/p+1. The lowest BCUT2D eigenvalue weighted by Crippen LogP contribution is -2.43. The molecule has 118 valence electrons. The first-order valence-electron chi connectivity index (χ1n) is 6.79. The minimum Gasteiger partial charge on any atom is -0.315 e. The molecule has 0 aliphatic rings. The van der Waals surface area contributed by atoms with Crippen molar-refractivity contribution >= 4 is 57.3 Å². The van der Waals surface area contributed by atoms with Crippen LogP contribution in [0.15, 0.2) is 36.4 Å². The highest BCUT2D eigenvalue weighted by Crippen LogP contribution is 2.27. The summed E-state index contributed by atoms with van der Waals surface area (Å²) in [5.41, 5.74) is 1.90. The molecule has 7 heteroatoms. The van der Waals surface area contributed by atoms with Gasteiger partial charge in [0, 0.05) is 10.0 Å². The summed E-state index contributed by atoms with van der Waals surface area (Å²) in [7, 11) is 3.69. The van der Waals surface area contributed by atoms with Crippen LogP contribution in [0.25, 0.3) is 10.9 Å². The van der Waals surface area contributed by atoms with Crippen molar-refractivity contribution in [1.82, 2.24) is 4.68 Å². The lowest BCUT2D eigenvalue weighted by Gasteiger charge is -2.05. The topological polar surface area (TPSA) is 37.9 Å². The van der Waals surface area contributed by atoms with Crippen molar-refractivity contribution < 1.29 is 9.48 Å². The third kappa shape index (κ3) is 2.90. The Labute approximate surface area is 148 Å². The number of carbonyl (C=O) groups is 1. The van der Waals surface area contributed by atoms with Crippen molar-refractivity contribution in [2.45, 2.75) is 0 Å². The van der Waals surface area contributed by atoms with Crippen LogP contribution in [0.1, 0.15) is 10.5 Å². The van der Waals surface area contributed by atoms with Crippen molar-refractivity contribution in [3.05, 3.63) is 57.2 Å². The van der Waals surface area contributed by atoms with Gasteiger partial charge < -0.3 is 5.32 Å². The van der Waals surface area contributed by atoms with Crippen LogP contribution in [-0.4, -0.2) is 10.6 Å². The second kappa shape index (κ2) is 6.04. The van der Waals surface area contributed by atoms with E-state index in [1.165, 1.54) is 0 Å².